The van der Waals surface area contributed by atoms with Gasteiger partial charge in [-0.1, -0.05) is 48.0 Å². The number of rotatable bonds is 7. The maximum atomic E-state index is 13.2. The maximum absolute atomic E-state index is 13.2. The lowest BCUT2D eigenvalue weighted by molar-refractivity contribution is -0.120. The van der Waals surface area contributed by atoms with Crippen LogP contribution in [0.1, 0.15) is 22.5 Å². The van der Waals surface area contributed by atoms with Crippen molar-refractivity contribution in [3.05, 3.63) is 83.3 Å². The quantitative estimate of drug-likeness (QED) is 0.411. The van der Waals surface area contributed by atoms with Gasteiger partial charge in [-0.05, 0) is 54.5 Å². The molecule has 9 nitrogen and oxygen atoms in total. The van der Waals surface area contributed by atoms with Gasteiger partial charge in [-0.25, -0.2) is 0 Å². The molecular formula is C25H24N6O3. The van der Waals surface area contributed by atoms with Gasteiger partial charge in [0.1, 0.15) is 11.5 Å². The molecule has 4 rings (SSSR count). The second kappa shape index (κ2) is 9.95. The number of carbonyl (C=O) groups is 2. The van der Waals surface area contributed by atoms with Gasteiger partial charge in [-0.15, -0.1) is 5.10 Å². The van der Waals surface area contributed by atoms with Crippen molar-refractivity contribution in [1.82, 2.24) is 25.5 Å². The molecule has 0 saturated carbocycles. The van der Waals surface area contributed by atoms with E-state index in [1.54, 1.807) is 12.1 Å². The van der Waals surface area contributed by atoms with Gasteiger partial charge in [-0.3, -0.25) is 9.59 Å². The second-order valence-corrected chi connectivity index (χ2v) is 7.83. The van der Waals surface area contributed by atoms with Crippen molar-refractivity contribution in [3.63, 3.8) is 0 Å². The number of carbonyl (C=O) groups excluding carboxylic acids is 2. The van der Waals surface area contributed by atoms with Crippen LogP contribution >= 0.6 is 0 Å². The molecule has 2 amide bonds. The standard InChI is InChI=1S/C25H24N6O3/c1-16-12-17(2)23(18(3)13-16)27-22(32)15-26-25(33)21(14-20-10-7-11-34-20)31-24(28-29-30-31)19-8-5-4-6-9-19/h4-14H,15H2,1-3H3,(H,26,33)(H,27,32)/b21-14-. The molecule has 0 aliphatic carbocycles. The smallest absolute Gasteiger partial charge is 0.270 e. The van der Waals surface area contributed by atoms with Crippen LogP contribution in [-0.2, 0) is 9.59 Å². The molecule has 172 valence electrons. The normalized spacial score (nSPS) is 11.3. The fraction of sp³-hybridized carbons (Fsp3) is 0.160. The Morgan fingerprint density at radius 1 is 1.03 bits per heavy atom. The number of aromatic nitrogens is 4. The number of hydrogen-bond donors (Lipinski definition) is 2. The lowest BCUT2D eigenvalue weighted by atomic mass is 10.1. The Hall–Kier alpha value is -4.53. The molecule has 0 saturated heterocycles. The number of aryl methyl sites for hydroxylation is 3. The molecule has 2 N–H and O–H groups in total. The predicted molar refractivity (Wildman–Crippen MR) is 128 cm³/mol. The number of tetrazole rings is 1. The summed E-state index contributed by atoms with van der Waals surface area (Å²) in [6.45, 7) is 5.63. The van der Waals surface area contributed by atoms with E-state index in [1.165, 1.54) is 17.0 Å². The maximum Gasteiger partial charge on any atom is 0.270 e. The van der Waals surface area contributed by atoms with Gasteiger partial charge in [0.15, 0.2) is 5.82 Å². The monoisotopic (exact) mass is 456 g/mol. The SMILES string of the molecule is Cc1cc(C)c(NC(=O)CNC(=O)/C(=C/c2ccco2)n2nnnc2-c2ccccc2)c(C)c1. The molecule has 2 aromatic carbocycles. The van der Waals surface area contributed by atoms with E-state index in [2.05, 4.69) is 26.2 Å². The summed E-state index contributed by atoms with van der Waals surface area (Å²) >= 11 is 0. The van der Waals surface area contributed by atoms with Gasteiger partial charge < -0.3 is 15.1 Å². The molecule has 0 radical (unpaired) electrons. The van der Waals surface area contributed by atoms with Crippen molar-refractivity contribution in [2.45, 2.75) is 20.8 Å². The Balaban J connectivity index is 1.55. The Labute approximate surface area is 196 Å². The number of amides is 2. The third-order valence-electron chi connectivity index (χ3n) is 5.14. The molecule has 0 unspecified atom stereocenters. The van der Waals surface area contributed by atoms with Crippen molar-refractivity contribution in [2.24, 2.45) is 0 Å². The molecule has 4 aromatic rings. The van der Waals surface area contributed by atoms with Gasteiger partial charge in [0.2, 0.25) is 5.91 Å². The molecule has 0 aliphatic rings. The van der Waals surface area contributed by atoms with E-state index in [-0.39, 0.29) is 18.1 Å². The summed E-state index contributed by atoms with van der Waals surface area (Å²) in [6.07, 6.45) is 3.02. The number of nitrogens with zero attached hydrogens (tertiary/aromatic N) is 4. The first-order valence-corrected chi connectivity index (χ1v) is 10.7. The number of nitrogens with one attached hydrogen (secondary N) is 2. The summed E-state index contributed by atoms with van der Waals surface area (Å²) in [5.74, 6) is -0.0620. The van der Waals surface area contributed by atoms with Crippen molar-refractivity contribution in [1.29, 1.82) is 0 Å². The minimum Gasteiger partial charge on any atom is -0.465 e. The van der Waals surface area contributed by atoms with E-state index in [1.807, 2.05) is 63.2 Å². The summed E-state index contributed by atoms with van der Waals surface area (Å²) in [5.41, 5.74) is 4.60. The first kappa shape index (κ1) is 22.7. The zero-order valence-corrected chi connectivity index (χ0v) is 19.1. The Bertz CT molecular complexity index is 1320. The molecule has 0 aliphatic heterocycles. The highest BCUT2D eigenvalue weighted by Crippen LogP contribution is 2.22. The second-order valence-electron chi connectivity index (χ2n) is 7.83. The van der Waals surface area contributed by atoms with Gasteiger partial charge in [0.25, 0.3) is 5.91 Å². The van der Waals surface area contributed by atoms with E-state index in [0.717, 1.165) is 27.9 Å². The van der Waals surface area contributed by atoms with Crippen LogP contribution in [0.25, 0.3) is 23.2 Å². The highest BCUT2D eigenvalue weighted by molar-refractivity contribution is 6.19. The van der Waals surface area contributed by atoms with Gasteiger partial charge in [0.05, 0.1) is 12.8 Å². The van der Waals surface area contributed by atoms with Crippen molar-refractivity contribution < 1.29 is 14.0 Å². The predicted octanol–water partition coefficient (Wildman–Crippen LogP) is 3.61. The van der Waals surface area contributed by atoms with Crippen LogP contribution in [0, 0.1) is 20.8 Å². The topological polar surface area (TPSA) is 115 Å². The van der Waals surface area contributed by atoms with Crippen molar-refractivity contribution >= 4 is 29.3 Å². The molecule has 34 heavy (non-hydrogen) atoms. The molecule has 0 fully saturated rings. The molecule has 0 atom stereocenters. The number of benzene rings is 2. The fourth-order valence-electron chi connectivity index (χ4n) is 3.66. The van der Waals surface area contributed by atoms with Crippen LogP contribution in [0.15, 0.2) is 65.3 Å². The van der Waals surface area contributed by atoms with Crippen molar-refractivity contribution in [3.8, 4) is 11.4 Å². The first-order chi connectivity index (χ1) is 16.4. The van der Waals surface area contributed by atoms with Crippen LogP contribution in [-0.4, -0.2) is 38.6 Å². The van der Waals surface area contributed by atoms with Crippen LogP contribution < -0.4 is 10.6 Å². The molecule has 2 heterocycles. The van der Waals surface area contributed by atoms with Crippen LogP contribution in [0.5, 0.6) is 0 Å². The third-order valence-corrected chi connectivity index (χ3v) is 5.14. The first-order valence-electron chi connectivity index (χ1n) is 10.7. The lowest BCUT2D eigenvalue weighted by Crippen LogP contribution is -2.35. The summed E-state index contributed by atoms with van der Waals surface area (Å²) < 4.78 is 6.70. The lowest BCUT2D eigenvalue weighted by Gasteiger charge is -2.14. The highest BCUT2D eigenvalue weighted by atomic mass is 16.3. The van der Waals surface area contributed by atoms with Crippen LogP contribution in [0.2, 0.25) is 0 Å². The zero-order valence-electron chi connectivity index (χ0n) is 19.1. The molecule has 9 heteroatoms. The van der Waals surface area contributed by atoms with Gasteiger partial charge in [-0.2, -0.15) is 4.68 Å². The van der Waals surface area contributed by atoms with Crippen molar-refractivity contribution in [2.75, 3.05) is 11.9 Å². The number of furan rings is 1. The van der Waals surface area contributed by atoms with E-state index < -0.39 is 5.91 Å². The average Bonchev–Trinajstić information content (AvgIpc) is 3.51. The van der Waals surface area contributed by atoms with Crippen LogP contribution in [0.3, 0.4) is 0 Å². The Morgan fingerprint density at radius 3 is 2.44 bits per heavy atom. The number of hydrogen-bond acceptors (Lipinski definition) is 6. The fourth-order valence-corrected chi connectivity index (χ4v) is 3.66. The molecule has 0 bridgehead atoms. The van der Waals surface area contributed by atoms with Crippen LogP contribution in [0.4, 0.5) is 5.69 Å². The van der Waals surface area contributed by atoms with E-state index in [4.69, 9.17) is 4.42 Å². The molecular weight excluding hydrogens is 432 g/mol. The Morgan fingerprint density at radius 2 is 1.76 bits per heavy atom. The highest BCUT2D eigenvalue weighted by Gasteiger charge is 2.20. The molecule has 0 spiro atoms. The largest absolute Gasteiger partial charge is 0.465 e. The zero-order chi connectivity index (χ0) is 24.1. The van der Waals surface area contributed by atoms with E-state index in [0.29, 0.717) is 11.6 Å². The number of anilines is 1. The van der Waals surface area contributed by atoms with E-state index >= 15 is 0 Å². The van der Waals surface area contributed by atoms with Gasteiger partial charge >= 0.3 is 0 Å². The summed E-state index contributed by atoms with van der Waals surface area (Å²) in [5, 5.41) is 17.3. The Kier molecular flexibility index (Phi) is 6.63. The third kappa shape index (κ3) is 5.09. The average molecular weight is 457 g/mol. The summed E-state index contributed by atoms with van der Waals surface area (Å²) in [7, 11) is 0. The molecule has 2 aromatic heterocycles. The summed E-state index contributed by atoms with van der Waals surface area (Å²) in [6, 6.07) is 16.7. The minimum absolute atomic E-state index is 0.106. The minimum atomic E-state index is -0.534. The van der Waals surface area contributed by atoms with E-state index in [9.17, 15) is 9.59 Å². The summed E-state index contributed by atoms with van der Waals surface area (Å²) in [4.78, 5) is 25.8. The van der Waals surface area contributed by atoms with Gasteiger partial charge in [0, 0.05) is 17.3 Å².